The van der Waals surface area contributed by atoms with Gasteiger partial charge in [0.1, 0.15) is 0 Å². The summed E-state index contributed by atoms with van der Waals surface area (Å²) in [7, 11) is 0. The topological polar surface area (TPSA) is 57.5 Å². The maximum atomic E-state index is 8.56. The van der Waals surface area contributed by atoms with Gasteiger partial charge in [-0.2, -0.15) is 0 Å². The van der Waals surface area contributed by atoms with Gasteiger partial charge in [-0.05, 0) is 0 Å². The summed E-state index contributed by atoms with van der Waals surface area (Å²) < 4.78 is 0.588. The Morgan fingerprint density at radius 2 is 1.67 bits per heavy atom. The molecule has 0 rings (SSSR count). The molecule has 0 radical (unpaired) electrons. The quantitative estimate of drug-likeness (QED) is 0.432. The largest absolute Gasteiger partial charge is 0.503 e. The first-order chi connectivity index (χ1) is 4.00. The van der Waals surface area contributed by atoms with Gasteiger partial charge in [-0.15, -0.1) is 6.58 Å². The molecule has 0 bridgehead atoms. The monoisotopic (exact) mass is 356 g/mol. The summed E-state index contributed by atoms with van der Waals surface area (Å²) in [5.74, 6) is 0. The number of carbonyl (C=O) groups is 1. The van der Waals surface area contributed by atoms with E-state index >= 15 is 0 Å². The number of halogens is 2. The van der Waals surface area contributed by atoms with Crippen molar-refractivity contribution < 1.29 is 15.0 Å². The Morgan fingerprint density at radius 3 is 1.67 bits per heavy atom. The highest BCUT2D eigenvalue weighted by Gasteiger charge is 1.79. The lowest BCUT2D eigenvalue weighted by Gasteiger charge is -1.79. The predicted molar refractivity (Wildman–Crippen MR) is 52.7 cm³/mol. The van der Waals surface area contributed by atoms with Gasteiger partial charge in [-0.1, -0.05) is 51.3 Å². The minimum Gasteiger partial charge on any atom is -0.450 e. The highest BCUT2D eigenvalue weighted by Crippen LogP contribution is 2.08. The molecule has 0 aliphatic heterocycles. The molecule has 0 heterocycles. The minimum atomic E-state index is -1.83. The molecule has 0 fully saturated rings. The fraction of sp³-hybridized carbons (Fsp3) is 0.250. The molecule has 0 aromatic carbocycles. The molecular formula is C4H6I2O3. The Labute approximate surface area is 80.4 Å². The van der Waals surface area contributed by atoms with Crippen LogP contribution in [0.3, 0.4) is 0 Å². The zero-order valence-corrected chi connectivity index (χ0v) is 8.74. The zero-order valence-electron chi connectivity index (χ0n) is 4.42. The first kappa shape index (κ1) is 12.2. The van der Waals surface area contributed by atoms with Crippen LogP contribution in [-0.2, 0) is 0 Å². The van der Waals surface area contributed by atoms with Gasteiger partial charge in [0.25, 0.3) is 0 Å². The van der Waals surface area contributed by atoms with Gasteiger partial charge < -0.3 is 10.2 Å². The Morgan fingerprint density at radius 1 is 1.56 bits per heavy atom. The lowest BCUT2D eigenvalue weighted by molar-refractivity contribution is 0.137. The van der Waals surface area contributed by atoms with Crippen LogP contribution in [0.1, 0.15) is 0 Å². The van der Waals surface area contributed by atoms with Crippen molar-refractivity contribution in [3.8, 4) is 0 Å². The van der Waals surface area contributed by atoms with E-state index in [1.165, 1.54) is 0 Å². The van der Waals surface area contributed by atoms with Crippen molar-refractivity contribution in [3.63, 3.8) is 0 Å². The van der Waals surface area contributed by atoms with E-state index in [0.29, 0.717) is 1.93 Å². The summed E-state index contributed by atoms with van der Waals surface area (Å²) in [4.78, 5) is 8.56. The summed E-state index contributed by atoms with van der Waals surface area (Å²) in [6.07, 6.45) is 0.0567. The second-order valence-electron chi connectivity index (χ2n) is 0.853. The first-order valence-electron chi connectivity index (χ1n) is 1.83. The van der Waals surface area contributed by atoms with Gasteiger partial charge in [-0.25, -0.2) is 4.79 Å². The molecule has 0 atom stereocenters. The first-order valence-corrected chi connectivity index (χ1v) is 4.32. The van der Waals surface area contributed by atoms with Crippen LogP contribution in [0.2, 0.25) is 0 Å². The molecular weight excluding hydrogens is 350 g/mol. The average molecular weight is 356 g/mol. The maximum absolute atomic E-state index is 8.56. The molecule has 0 aromatic heterocycles. The number of carboxylic acid groups (broad SMARTS) is 2. The Balaban J connectivity index is 0. The molecule has 0 amide bonds. The fourth-order valence-electron chi connectivity index (χ4n) is 0. The predicted octanol–water partition coefficient (Wildman–Crippen LogP) is 2.59. The van der Waals surface area contributed by atoms with E-state index in [-0.39, 0.29) is 0 Å². The number of hydrogen-bond donors (Lipinski definition) is 2. The van der Waals surface area contributed by atoms with Gasteiger partial charge in [-0.3, -0.25) is 0 Å². The number of allylic oxidation sites excluding steroid dienone is 1. The smallest absolute Gasteiger partial charge is 0.450 e. The molecule has 0 aliphatic rings. The van der Waals surface area contributed by atoms with Gasteiger partial charge in [0.05, 0.1) is 1.93 Å². The summed E-state index contributed by atoms with van der Waals surface area (Å²) >= 11 is 4.55. The van der Waals surface area contributed by atoms with Crippen LogP contribution >= 0.6 is 45.2 Å². The van der Waals surface area contributed by atoms with Crippen LogP contribution in [0.5, 0.6) is 0 Å². The number of alkyl halides is 2. The van der Waals surface area contributed by atoms with Gasteiger partial charge in [0.2, 0.25) is 0 Å². The molecule has 2 N–H and O–H groups in total. The van der Waals surface area contributed by atoms with Crippen LogP contribution in [0.25, 0.3) is 0 Å². The Kier molecular flexibility index (Phi) is 11.5. The van der Waals surface area contributed by atoms with E-state index < -0.39 is 6.16 Å². The zero-order chi connectivity index (χ0) is 7.86. The van der Waals surface area contributed by atoms with Crippen molar-refractivity contribution in [1.82, 2.24) is 0 Å². The van der Waals surface area contributed by atoms with E-state index in [0.717, 1.165) is 0 Å². The van der Waals surface area contributed by atoms with E-state index in [1.54, 1.807) is 0 Å². The molecule has 0 unspecified atom stereocenters. The lowest BCUT2D eigenvalue weighted by atomic mass is 10.8. The SMILES string of the molecule is C=CC(I)I.O=C(O)O. The highest BCUT2D eigenvalue weighted by molar-refractivity contribution is 14.2. The van der Waals surface area contributed by atoms with E-state index in [4.69, 9.17) is 15.0 Å². The van der Waals surface area contributed by atoms with Crippen molar-refractivity contribution in [3.05, 3.63) is 12.7 Å². The fourth-order valence-corrected chi connectivity index (χ4v) is 0. The average Bonchev–Trinajstić information content (AvgIpc) is 1.65. The summed E-state index contributed by atoms with van der Waals surface area (Å²) in [5, 5.41) is 13.9. The molecule has 9 heavy (non-hydrogen) atoms. The standard InChI is InChI=1S/C3H4I2.CH2O3/c1-2-3(4)5;2-1(3)4/h2-3H,1H2;(H2,2,3,4). The molecule has 0 saturated heterocycles. The van der Waals surface area contributed by atoms with Crippen molar-refractivity contribution in [1.29, 1.82) is 0 Å². The number of rotatable bonds is 1. The van der Waals surface area contributed by atoms with Crippen LogP contribution in [0.15, 0.2) is 12.7 Å². The molecule has 5 heteroatoms. The normalized spacial score (nSPS) is 7.44. The number of hydrogen-bond acceptors (Lipinski definition) is 1. The minimum absolute atomic E-state index is 0.588. The third-order valence-electron chi connectivity index (χ3n) is 0.178. The Hall–Kier alpha value is 0.470. The van der Waals surface area contributed by atoms with Gasteiger partial charge in [0, 0.05) is 0 Å². The molecule has 0 saturated carbocycles. The summed E-state index contributed by atoms with van der Waals surface area (Å²) in [5.41, 5.74) is 0. The van der Waals surface area contributed by atoms with Crippen molar-refractivity contribution in [2.24, 2.45) is 0 Å². The summed E-state index contributed by atoms with van der Waals surface area (Å²) in [6, 6.07) is 0. The van der Waals surface area contributed by atoms with Gasteiger partial charge >= 0.3 is 6.16 Å². The van der Waals surface area contributed by atoms with Crippen LogP contribution < -0.4 is 0 Å². The van der Waals surface area contributed by atoms with E-state index in [2.05, 4.69) is 51.8 Å². The lowest BCUT2D eigenvalue weighted by Crippen LogP contribution is -1.81. The van der Waals surface area contributed by atoms with Crippen LogP contribution in [-0.4, -0.2) is 18.3 Å². The third-order valence-corrected chi connectivity index (χ3v) is 1.20. The highest BCUT2D eigenvalue weighted by atomic mass is 127. The van der Waals surface area contributed by atoms with E-state index in [1.807, 2.05) is 6.08 Å². The molecule has 0 aliphatic carbocycles. The Bertz CT molecular complexity index is 87.8. The molecule has 0 aromatic rings. The maximum Gasteiger partial charge on any atom is 0.503 e. The van der Waals surface area contributed by atoms with Crippen molar-refractivity contribution in [2.75, 3.05) is 0 Å². The van der Waals surface area contributed by atoms with Crippen LogP contribution in [0.4, 0.5) is 4.79 Å². The molecule has 3 nitrogen and oxygen atoms in total. The van der Waals surface area contributed by atoms with Crippen molar-refractivity contribution >= 4 is 51.3 Å². The second kappa shape index (κ2) is 8.47. The molecule has 54 valence electrons. The molecule has 0 spiro atoms. The summed E-state index contributed by atoms with van der Waals surface area (Å²) in [6.45, 7) is 3.55. The second-order valence-corrected chi connectivity index (χ2v) is 5.92. The van der Waals surface area contributed by atoms with Gasteiger partial charge in [0.15, 0.2) is 0 Å². The van der Waals surface area contributed by atoms with E-state index in [9.17, 15) is 0 Å². The van der Waals surface area contributed by atoms with Crippen LogP contribution in [0, 0.1) is 0 Å². The van der Waals surface area contributed by atoms with Crippen molar-refractivity contribution in [2.45, 2.75) is 1.93 Å². The third kappa shape index (κ3) is 58.1.